The quantitative estimate of drug-likeness (QED) is 0.516. The van der Waals surface area contributed by atoms with Crippen molar-refractivity contribution >= 4 is 29.4 Å². The van der Waals surface area contributed by atoms with E-state index in [1.807, 2.05) is 36.4 Å². The number of nitrogens with one attached hydrogen (secondary N) is 1. The van der Waals surface area contributed by atoms with E-state index in [1.54, 1.807) is 6.08 Å². The molecule has 0 radical (unpaired) electrons. The lowest BCUT2D eigenvalue weighted by Gasteiger charge is -2.07. The number of allylic oxidation sites excluding steroid dienone is 1. The second kappa shape index (κ2) is 7.65. The zero-order chi connectivity index (χ0) is 19.4. The predicted octanol–water partition coefficient (Wildman–Crippen LogP) is 0.249. The van der Waals surface area contributed by atoms with Gasteiger partial charge in [0.15, 0.2) is 5.52 Å². The van der Waals surface area contributed by atoms with E-state index in [9.17, 15) is 14.4 Å². The number of hydrogen-bond donors (Lipinski definition) is 1. The van der Waals surface area contributed by atoms with Gasteiger partial charge in [0, 0.05) is 20.3 Å². The summed E-state index contributed by atoms with van der Waals surface area (Å²) in [6.07, 6.45) is 6.37. The van der Waals surface area contributed by atoms with Gasteiger partial charge in [-0.25, -0.2) is 15.2 Å². The summed E-state index contributed by atoms with van der Waals surface area (Å²) in [5.74, 6) is -0.410. The van der Waals surface area contributed by atoms with Crippen LogP contribution in [0.4, 0.5) is 0 Å². The summed E-state index contributed by atoms with van der Waals surface area (Å²) < 4.78 is 3.69. The molecule has 3 rings (SSSR count). The summed E-state index contributed by atoms with van der Waals surface area (Å²) >= 11 is 0. The normalized spacial score (nSPS) is 11.6. The Balaban J connectivity index is 1.70. The van der Waals surface area contributed by atoms with Crippen LogP contribution in [0.15, 0.2) is 57.4 Å². The molecule has 0 bridgehead atoms. The fourth-order valence-electron chi connectivity index (χ4n) is 2.62. The lowest BCUT2D eigenvalue weighted by molar-refractivity contribution is -0.121. The van der Waals surface area contributed by atoms with Crippen LogP contribution in [0.25, 0.3) is 17.2 Å². The third-order valence-electron chi connectivity index (χ3n) is 3.96. The minimum absolute atomic E-state index is 0.127. The van der Waals surface area contributed by atoms with Crippen LogP contribution in [-0.4, -0.2) is 30.8 Å². The first-order valence-corrected chi connectivity index (χ1v) is 8.13. The molecule has 9 nitrogen and oxygen atoms in total. The van der Waals surface area contributed by atoms with Crippen molar-refractivity contribution in [3.63, 3.8) is 0 Å². The number of hydrogen-bond acceptors (Lipinski definition) is 5. The summed E-state index contributed by atoms with van der Waals surface area (Å²) in [5, 5.41) is 3.84. The maximum absolute atomic E-state index is 12.1. The molecule has 0 atom stereocenters. The second-order valence-corrected chi connectivity index (χ2v) is 5.83. The van der Waals surface area contributed by atoms with Crippen molar-refractivity contribution in [2.75, 3.05) is 0 Å². The van der Waals surface area contributed by atoms with E-state index in [0.29, 0.717) is 0 Å². The summed E-state index contributed by atoms with van der Waals surface area (Å²) in [4.78, 5) is 40.2. The SMILES string of the molecule is Cn1c(=O)c2ncn(CC(=O)NN=CC=Cc3ccccc3)c2n(C)c1=O. The molecule has 0 aliphatic heterocycles. The molecule has 27 heavy (non-hydrogen) atoms. The first-order valence-electron chi connectivity index (χ1n) is 8.13. The number of carbonyl (C=O) groups is 1. The Morgan fingerprint density at radius 2 is 1.93 bits per heavy atom. The van der Waals surface area contributed by atoms with E-state index >= 15 is 0 Å². The van der Waals surface area contributed by atoms with E-state index in [2.05, 4.69) is 15.5 Å². The second-order valence-electron chi connectivity index (χ2n) is 5.83. The van der Waals surface area contributed by atoms with Crippen LogP contribution in [-0.2, 0) is 25.4 Å². The first kappa shape index (κ1) is 18.1. The fourth-order valence-corrected chi connectivity index (χ4v) is 2.62. The van der Waals surface area contributed by atoms with Crippen LogP contribution in [0.5, 0.6) is 0 Å². The molecule has 0 unspecified atom stereocenters. The molecule has 138 valence electrons. The number of nitrogens with zero attached hydrogens (tertiary/aromatic N) is 5. The molecule has 0 saturated heterocycles. The molecule has 9 heteroatoms. The molecule has 1 amide bonds. The third-order valence-corrected chi connectivity index (χ3v) is 3.96. The van der Waals surface area contributed by atoms with Crippen molar-refractivity contribution in [1.29, 1.82) is 0 Å². The average molecular weight is 366 g/mol. The highest BCUT2D eigenvalue weighted by Crippen LogP contribution is 2.05. The molecule has 2 heterocycles. The summed E-state index contributed by atoms with van der Waals surface area (Å²) in [6, 6.07) is 9.67. The zero-order valence-corrected chi connectivity index (χ0v) is 14.9. The fraction of sp³-hybridized carbons (Fsp3) is 0.167. The Hall–Kier alpha value is -3.75. The number of fused-ring (bicyclic) bond motifs is 1. The molecule has 0 saturated carbocycles. The summed E-state index contributed by atoms with van der Waals surface area (Å²) in [7, 11) is 2.90. The number of aryl methyl sites for hydroxylation is 1. The molecule has 0 aliphatic rings. The number of carbonyl (C=O) groups excluding carboxylic acids is 1. The van der Waals surface area contributed by atoms with E-state index < -0.39 is 17.2 Å². The summed E-state index contributed by atoms with van der Waals surface area (Å²) in [6.45, 7) is -0.128. The summed E-state index contributed by atoms with van der Waals surface area (Å²) in [5.41, 5.74) is 2.83. The average Bonchev–Trinajstić information content (AvgIpc) is 3.09. The van der Waals surface area contributed by atoms with Gasteiger partial charge in [-0.05, 0) is 11.6 Å². The molecule has 1 N–H and O–H groups in total. The van der Waals surface area contributed by atoms with Gasteiger partial charge in [-0.1, -0.05) is 36.4 Å². The minimum Gasteiger partial charge on any atom is -0.307 e. The minimum atomic E-state index is -0.503. The van der Waals surface area contributed by atoms with Gasteiger partial charge in [-0.15, -0.1) is 0 Å². The predicted molar refractivity (Wildman–Crippen MR) is 102 cm³/mol. The number of rotatable bonds is 5. The molecule has 2 aromatic heterocycles. The van der Waals surface area contributed by atoms with Gasteiger partial charge in [-0.2, -0.15) is 5.10 Å². The van der Waals surface area contributed by atoms with Crippen molar-refractivity contribution in [2.45, 2.75) is 6.54 Å². The van der Waals surface area contributed by atoms with Crippen LogP contribution in [0.3, 0.4) is 0 Å². The van der Waals surface area contributed by atoms with Gasteiger partial charge in [0.1, 0.15) is 12.2 Å². The highest BCUT2D eigenvalue weighted by molar-refractivity contribution is 5.82. The van der Waals surface area contributed by atoms with E-state index in [-0.39, 0.29) is 17.7 Å². The molecular weight excluding hydrogens is 348 g/mol. The van der Waals surface area contributed by atoms with Crippen LogP contribution in [0.2, 0.25) is 0 Å². The number of hydrazone groups is 1. The van der Waals surface area contributed by atoms with Crippen molar-refractivity contribution < 1.29 is 4.79 Å². The van der Waals surface area contributed by atoms with Crippen molar-refractivity contribution in [2.24, 2.45) is 19.2 Å². The molecule has 0 aliphatic carbocycles. The standard InChI is InChI=1S/C18H18N6O3/c1-22-16-15(17(26)23(2)18(22)27)19-12-24(16)11-14(25)21-20-10-6-9-13-7-4-3-5-8-13/h3-10,12H,11H2,1-2H3,(H,21,25). The maximum atomic E-state index is 12.1. The molecular formula is C18H18N6O3. The van der Waals surface area contributed by atoms with Crippen LogP contribution in [0.1, 0.15) is 5.56 Å². The van der Waals surface area contributed by atoms with Gasteiger partial charge < -0.3 is 4.57 Å². The Labute approximate surface area is 153 Å². The Kier molecular flexibility index (Phi) is 5.11. The number of amides is 1. The van der Waals surface area contributed by atoms with Crippen LogP contribution >= 0.6 is 0 Å². The van der Waals surface area contributed by atoms with Gasteiger partial charge in [0.05, 0.1) is 6.33 Å². The van der Waals surface area contributed by atoms with Crippen molar-refractivity contribution in [3.05, 3.63) is 69.1 Å². The van der Waals surface area contributed by atoms with Gasteiger partial charge in [-0.3, -0.25) is 18.7 Å². The lowest BCUT2D eigenvalue weighted by Crippen LogP contribution is -2.37. The van der Waals surface area contributed by atoms with E-state index in [4.69, 9.17) is 0 Å². The van der Waals surface area contributed by atoms with Gasteiger partial charge in [0.2, 0.25) is 0 Å². The number of benzene rings is 1. The highest BCUT2D eigenvalue weighted by atomic mass is 16.2. The largest absolute Gasteiger partial charge is 0.332 e. The topological polar surface area (TPSA) is 103 Å². The maximum Gasteiger partial charge on any atom is 0.332 e. The molecule has 0 fully saturated rings. The van der Waals surface area contributed by atoms with E-state index in [0.717, 1.165) is 10.1 Å². The molecule has 0 spiro atoms. The van der Waals surface area contributed by atoms with Crippen molar-refractivity contribution in [1.82, 2.24) is 24.1 Å². The van der Waals surface area contributed by atoms with Crippen molar-refractivity contribution in [3.8, 4) is 0 Å². The van der Waals surface area contributed by atoms with Crippen LogP contribution < -0.4 is 16.7 Å². The van der Waals surface area contributed by atoms with Gasteiger partial charge in [0.25, 0.3) is 11.5 Å². The Morgan fingerprint density at radius 1 is 1.19 bits per heavy atom. The Morgan fingerprint density at radius 3 is 2.67 bits per heavy atom. The number of aromatic nitrogens is 4. The third kappa shape index (κ3) is 3.76. The highest BCUT2D eigenvalue weighted by Gasteiger charge is 2.15. The monoisotopic (exact) mass is 366 g/mol. The molecule has 1 aromatic carbocycles. The molecule has 3 aromatic rings. The van der Waals surface area contributed by atoms with Gasteiger partial charge >= 0.3 is 5.69 Å². The van der Waals surface area contributed by atoms with E-state index in [1.165, 1.54) is 35.8 Å². The van der Waals surface area contributed by atoms with Crippen LogP contribution in [0, 0.1) is 0 Å². The number of imidazole rings is 1. The smallest absolute Gasteiger partial charge is 0.307 e. The first-order chi connectivity index (χ1) is 13.0. The Bertz CT molecular complexity index is 1150. The lowest BCUT2D eigenvalue weighted by atomic mass is 10.2. The zero-order valence-electron chi connectivity index (χ0n) is 14.9.